The number of amides is 1. The highest BCUT2D eigenvalue weighted by Crippen LogP contribution is 2.19. The average molecular weight is 313 g/mol. The van der Waals surface area contributed by atoms with Gasteiger partial charge in [0.1, 0.15) is 5.75 Å². The molecule has 2 rings (SSSR count). The molecule has 0 heterocycles. The van der Waals surface area contributed by atoms with E-state index in [-0.39, 0.29) is 12.3 Å². The van der Waals surface area contributed by atoms with Crippen molar-refractivity contribution < 1.29 is 19.1 Å². The SMILES string of the molecule is COC(=O)c1cccc(NC(=O)Cc2ccc(OC)c(C)c2)c1. The van der Waals surface area contributed by atoms with E-state index in [0.29, 0.717) is 11.3 Å². The maximum Gasteiger partial charge on any atom is 0.337 e. The molecule has 0 aromatic heterocycles. The van der Waals surface area contributed by atoms with Crippen molar-refractivity contribution in [1.82, 2.24) is 0 Å². The molecule has 0 bridgehead atoms. The lowest BCUT2D eigenvalue weighted by Crippen LogP contribution is -2.15. The zero-order chi connectivity index (χ0) is 16.8. The Bertz CT molecular complexity index is 725. The van der Waals surface area contributed by atoms with Crippen LogP contribution in [0.1, 0.15) is 21.5 Å². The van der Waals surface area contributed by atoms with Crippen LogP contribution in [0.5, 0.6) is 5.75 Å². The van der Waals surface area contributed by atoms with Gasteiger partial charge in [0.2, 0.25) is 5.91 Å². The lowest BCUT2D eigenvalue weighted by molar-refractivity contribution is -0.115. The second-order valence-electron chi connectivity index (χ2n) is 5.10. The maximum atomic E-state index is 12.1. The van der Waals surface area contributed by atoms with Gasteiger partial charge in [0.15, 0.2) is 0 Å². The first-order valence-corrected chi connectivity index (χ1v) is 7.15. The van der Waals surface area contributed by atoms with Crippen molar-refractivity contribution >= 4 is 17.6 Å². The number of carbonyl (C=O) groups is 2. The number of anilines is 1. The monoisotopic (exact) mass is 313 g/mol. The Hall–Kier alpha value is -2.82. The van der Waals surface area contributed by atoms with Crippen molar-refractivity contribution in [3.05, 3.63) is 59.2 Å². The van der Waals surface area contributed by atoms with E-state index in [1.165, 1.54) is 7.11 Å². The summed E-state index contributed by atoms with van der Waals surface area (Å²) in [6.07, 6.45) is 0.243. The van der Waals surface area contributed by atoms with Gasteiger partial charge in [-0.2, -0.15) is 0 Å². The standard InChI is InChI=1S/C18H19NO4/c1-12-9-13(7-8-16(12)22-2)10-17(20)19-15-6-4-5-14(11-15)18(21)23-3/h4-9,11H,10H2,1-3H3,(H,19,20). The van der Waals surface area contributed by atoms with Gasteiger partial charge in [0.25, 0.3) is 0 Å². The average Bonchev–Trinajstić information content (AvgIpc) is 2.54. The smallest absolute Gasteiger partial charge is 0.337 e. The van der Waals surface area contributed by atoms with Gasteiger partial charge in [0, 0.05) is 5.69 Å². The first-order chi connectivity index (χ1) is 11.0. The summed E-state index contributed by atoms with van der Waals surface area (Å²) >= 11 is 0. The molecular weight excluding hydrogens is 294 g/mol. The van der Waals surface area contributed by atoms with Crippen LogP contribution < -0.4 is 10.1 Å². The first kappa shape index (κ1) is 16.5. The second-order valence-corrected chi connectivity index (χ2v) is 5.10. The van der Waals surface area contributed by atoms with Crippen LogP contribution in [0.3, 0.4) is 0 Å². The quantitative estimate of drug-likeness (QED) is 0.862. The summed E-state index contributed by atoms with van der Waals surface area (Å²) in [5, 5.41) is 2.78. The number of methoxy groups -OCH3 is 2. The van der Waals surface area contributed by atoms with E-state index >= 15 is 0 Å². The van der Waals surface area contributed by atoms with Crippen LogP contribution in [-0.4, -0.2) is 26.1 Å². The molecule has 1 N–H and O–H groups in total. The number of carbonyl (C=O) groups excluding carboxylic acids is 2. The third-order valence-electron chi connectivity index (χ3n) is 3.39. The van der Waals surface area contributed by atoms with Gasteiger partial charge in [-0.1, -0.05) is 18.2 Å². The van der Waals surface area contributed by atoms with Crippen LogP contribution in [0.25, 0.3) is 0 Å². The molecule has 0 unspecified atom stereocenters. The van der Waals surface area contributed by atoms with Gasteiger partial charge in [-0.25, -0.2) is 4.79 Å². The first-order valence-electron chi connectivity index (χ1n) is 7.15. The molecule has 23 heavy (non-hydrogen) atoms. The lowest BCUT2D eigenvalue weighted by Gasteiger charge is -2.09. The van der Waals surface area contributed by atoms with Crippen LogP contribution in [0.15, 0.2) is 42.5 Å². The topological polar surface area (TPSA) is 64.6 Å². The van der Waals surface area contributed by atoms with E-state index in [0.717, 1.165) is 16.9 Å². The second kappa shape index (κ2) is 7.45. The van der Waals surface area contributed by atoms with Crippen LogP contribution in [-0.2, 0) is 16.0 Å². The zero-order valence-corrected chi connectivity index (χ0v) is 13.4. The minimum absolute atomic E-state index is 0.156. The summed E-state index contributed by atoms with van der Waals surface area (Å²) in [6, 6.07) is 12.3. The van der Waals surface area contributed by atoms with Gasteiger partial charge < -0.3 is 14.8 Å². The van der Waals surface area contributed by atoms with Crippen LogP contribution in [0, 0.1) is 6.92 Å². The molecule has 0 saturated heterocycles. The lowest BCUT2D eigenvalue weighted by atomic mass is 10.1. The van der Waals surface area contributed by atoms with Crippen molar-refractivity contribution in [2.75, 3.05) is 19.5 Å². The summed E-state index contributed by atoms with van der Waals surface area (Å²) in [4.78, 5) is 23.6. The van der Waals surface area contributed by atoms with Crippen molar-refractivity contribution in [3.8, 4) is 5.75 Å². The predicted octanol–water partition coefficient (Wildman–Crippen LogP) is 2.97. The van der Waals surface area contributed by atoms with Crippen molar-refractivity contribution in [3.63, 3.8) is 0 Å². The molecule has 120 valence electrons. The van der Waals surface area contributed by atoms with Gasteiger partial charge >= 0.3 is 5.97 Å². The van der Waals surface area contributed by atoms with E-state index in [1.54, 1.807) is 31.4 Å². The molecule has 5 nitrogen and oxygen atoms in total. The number of hydrogen-bond donors (Lipinski definition) is 1. The Morgan fingerprint density at radius 3 is 2.52 bits per heavy atom. The highest BCUT2D eigenvalue weighted by molar-refractivity contribution is 5.95. The minimum Gasteiger partial charge on any atom is -0.496 e. The fourth-order valence-electron chi connectivity index (χ4n) is 2.28. The number of rotatable bonds is 5. The maximum absolute atomic E-state index is 12.1. The third-order valence-corrected chi connectivity index (χ3v) is 3.39. The Kier molecular flexibility index (Phi) is 5.36. The molecule has 0 aliphatic carbocycles. The highest BCUT2D eigenvalue weighted by Gasteiger charge is 2.09. The van der Waals surface area contributed by atoms with Crippen molar-refractivity contribution in [2.45, 2.75) is 13.3 Å². The number of esters is 1. The van der Waals surface area contributed by atoms with E-state index in [2.05, 4.69) is 10.1 Å². The van der Waals surface area contributed by atoms with Crippen LogP contribution in [0.2, 0.25) is 0 Å². The van der Waals surface area contributed by atoms with E-state index < -0.39 is 5.97 Å². The summed E-state index contributed by atoms with van der Waals surface area (Å²) < 4.78 is 9.87. The molecule has 0 spiro atoms. The summed E-state index contributed by atoms with van der Waals surface area (Å²) in [7, 11) is 2.93. The third kappa shape index (κ3) is 4.32. The summed E-state index contributed by atoms with van der Waals surface area (Å²) in [6.45, 7) is 1.93. The Morgan fingerprint density at radius 1 is 1.09 bits per heavy atom. The van der Waals surface area contributed by atoms with Gasteiger partial charge in [-0.05, 0) is 42.3 Å². The number of nitrogens with one attached hydrogen (secondary N) is 1. The van der Waals surface area contributed by atoms with E-state index in [4.69, 9.17) is 4.74 Å². The molecule has 0 aliphatic rings. The Labute approximate surface area is 135 Å². The molecule has 5 heteroatoms. The van der Waals surface area contributed by atoms with Crippen LogP contribution >= 0.6 is 0 Å². The van der Waals surface area contributed by atoms with Crippen molar-refractivity contribution in [2.24, 2.45) is 0 Å². The largest absolute Gasteiger partial charge is 0.496 e. The fourth-order valence-corrected chi connectivity index (χ4v) is 2.28. The minimum atomic E-state index is -0.438. The number of ether oxygens (including phenoxy) is 2. The van der Waals surface area contributed by atoms with Gasteiger partial charge in [-0.3, -0.25) is 4.79 Å². The van der Waals surface area contributed by atoms with E-state index in [9.17, 15) is 9.59 Å². The zero-order valence-electron chi connectivity index (χ0n) is 13.4. The number of hydrogen-bond acceptors (Lipinski definition) is 4. The molecule has 0 atom stereocenters. The van der Waals surface area contributed by atoms with Gasteiger partial charge in [-0.15, -0.1) is 0 Å². The molecular formula is C18H19NO4. The molecule has 0 saturated carbocycles. The predicted molar refractivity (Wildman–Crippen MR) is 87.8 cm³/mol. The van der Waals surface area contributed by atoms with Gasteiger partial charge in [0.05, 0.1) is 26.2 Å². The van der Waals surface area contributed by atoms with Crippen LogP contribution in [0.4, 0.5) is 5.69 Å². The van der Waals surface area contributed by atoms with Crippen molar-refractivity contribution in [1.29, 1.82) is 0 Å². The summed E-state index contributed by atoms with van der Waals surface area (Å²) in [5.41, 5.74) is 2.82. The molecule has 1 amide bonds. The molecule has 0 radical (unpaired) electrons. The number of aryl methyl sites for hydroxylation is 1. The molecule has 2 aromatic carbocycles. The highest BCUT2D eigenvalue weighted by atomic mass is 16.5. The fraction of sp³-hybridized carbons (Fsp3) is 0.222. The molecule has 2 aromatic rings. The Balaban J connectivity index is 2.05. The molecule has 0 aliphatic heterocycles. The summed E-state index contributed by atoms with van der Waals surface area (Å²) in [5.74, 6) is 0.198. The number of benzene rings is 2. The normalized spacial score (nSPS) is 10.0. The van der Waals surface area contributed by atoms with E-state index in [1.807, 2.05) is 25.1 Å². The molecule has 0 fully saturated rings. The Morgan fingerprint density at radius 2 is 1.87 bits per heavy atom.